The molecule has 0 amide bonds. The van der Waals surface area contributed by atoms with Crippen LogP contribution in [0.3, 0.4) is 0 Å². The van der Waals surface area contributed by atoms with Gasteiger partial charge < -0.3 is 11.1 Å². The van der Waals surface area contributed by atoms with Gasteiger partial charge in [0.2, 0.25) is 0 Å². The van der Waals surface area contributed by atoms with Gasteiger partial charge in [0, 0.05) is 32.6 Å². The Labute approximate surface area is 102 Å². The van der Waals surface area contributed by atoms with E-state index in [1.807, 2.05) is 19.1 Å². The lowest BCUT2D eigenvalue weighted by molar-refractivity contribution is 0.0932. The molecule has 1 atom stereocenters. The molecule has 1 aromatic carbocycles. The molecular weight excluding hydrogens is 217 g/mol. The van der Waals surface area contributed by atoms with Gasteiger partial charge in [-0.2, -0.15) is 0 Å². The van der Waals surface area contributed by atoms with Crippen LogP contribution >= 0.6 is 0 Å². The Kier molecular flexibility index (Phi) is 3.76. The first-order valence-electron chi connectivity index (χ1n) is 6.07. The van der Waals surface area contributed by atoms with Crippen molar-refractivity contribution in [1.29, 1.82) is 0 Å². The van der Waals surface area contributed by atoms with Crippen LogP contribution in [-0.4, -0.2) is 36.7 Å². The van der Waals surface area contributed by atoms with E-state index in [4.69, 9.17) is 5.73 Å². The van der Waals surface area contributed by atoms with E-state index < -0.39 is 0 Å². The lowest BCUT2D eigenvalue weighted by atomic mass is 9.99. The molecule has 1 aliphatic heterocycles. The summed E-state index contributed by atoms with van der Waals surface area (Å²) < 4.78 is 12.8. The van der Waals surface area contributed by atoms with Crippen LogP contribution in [0, 0.1) is 5.82 Å². The van der Waals surface area contributed by atoms with Gasteiger partial charge >= 0.3 is 0 Å². The average Bonchev–Trinajstić information content (AvgIpc) is 2.33. The number of benzene rings is 1. The summed E-state index contributed by atoms with van der Waals surface area (Å²) in [6.07, 6.45) is 0.743. The largest absolute Gasteiger partial charge is 0.314 e. The molecule has 3 nitrogen and oxygen atoms in total. The van der Waals surface area contributed by atoms with Crippen molar-refractivity contribution in [3.05, 3.63) is 35.6 Å². The third-order valence-electron chi connectivity index (χ3n) is 3.31. The fourth-order valence-electron chi connectivity index (χ4n) is 2.30. The molecule has 94 valence electrons. The predicted molar refractivity (Wildman–Crippen MR) is 67.1 cm³/mol. The third kappa shape index (κ3) is 3.25. The quantitative estimate of drug-likeness (QED) is 0.822. The molecule has 0 saturated carbocycles. The summed E-state index contributed by atoms with van der Waals surface area (Å²) >= 11 is 0. The second-order valence-corrected chi connectivity index (χ2v) is 4.90. The topological polar surface area (TPSA) is 41.3 Å². The van der Waals surface area contributed by atoms with Crippen LogP contribution in [0.2, 0.25) is 0 Å². The molecule has 1 aromatic rings. The van der Waals surface area contributed by atoms with Crippen LogP contribution in [-0.2, 0) is 6.42 Å². The molecule has 0 spiro atoms. The van der Waals surface area contributed by atoms with Gasteiger partial charge in [0.05, 0.1) is 5.66 Å². The molecule has 1 aliphatic rings. The van der Waals surface area contributed by atoms with E-state index in [1.54, 1.807) is 0 Å². The van der Waals surface area contributed by atoms with E-state index >= 15 is 0 Å². The molecule has 1 unspecified atom stereocenters. The Morgan fingerprint density at radius 1 is 1.29 bits per heavy atom. The second kappa shape index (κ2) is 5.12. The first-order valence-corrected chi connectivity index (χ1v) is 6.07. The summed E-state index contributed by atoms with van der Waals surface area (Å²) in [6.45, 7) is 5.94. The summed E-state index contributed by atoms with van der Waals surface area (Å²) in [7, 11) is 0. The minimum absolute atomic E-state index is 0.199. The Morgan fingerprint density at radius 3 is 2.47 bits per heavy atom. The zero-order valence-electron chi connectivity index (χ0n) is 10.2. The van der Waals surface area contributed by atoms with Crippen molar-refractivity contribution in [3.63, 3.8) is 0 Å². The highest BCUT2D eigenvalue weighted by molar-refractivity contribution is 5.18. The first kappa shape index (κ1) is 12.5. The Bertz CT molecular complexity index is 355. The van der Waals surface area contributed by atoms with Crippen molar-refractivity contribution in [2.45, 2.75) is 19.0 Å². The first-order chi connectivity index (χ1) is 8.08. The zero-order chi connectivity index (χ0) is 12.3. The number of piperazine rings is 1. The summed E-state index contributed by atoms with van der Waals surface area (Å²) in [5, 5.41) is 3.31. The molecule has 0 bridgehead atoms. The van der Waals surface area contributed by atoms with Gasteiger partial charge in [-0.15, -0.1) is 0 Å². The Balaban J connectivity index is 2.02. The van der Waals surface area contributed by atoms with Crippen LogP contribution < -0.4 is 11.1 Å². The van der Waals surface area contributed by atoms with Gasteiger partial charge in [-0.1, -0.05) is 12.1 Å². The highest BCUT2D eigenvalue weighted by Crippen LogP contribution is 2.16. The summed E-state index contributed by atoms with van der Waals surface area (Å²) in [4.78, 5) is 2.28. The van der Waals surface area contributed by atoms with Crippen molar-refractivity contribution in [2.75, 3.05) is 26.2 Å². The predicted octanol–water partition coefficient (Wildman–Crippen LogP) is 0.948. The average molecular weight is 237 g/mol. The smallest absolute Gasteiger partial charge is 0.123 e. The summed E-state index contributed by atoms with van der Waals surface area (Å²) in [6, 6.07) is 6.59. The Hall–Kier alpha value is -0.970. The number of nitrogens with zero attached hydrogens (tertiary/aromatic N) is 1. The molecule has 4 heteroatoms. The molecular formula is C13H20FN3. The van der Waals surface area contributed by atoms with Crippen molar-refractivity contribution in [2.24, 2.45) is 5.73 Å². The fourth-order valence-corrected chi connectivity index (χ4v) is 2.30. The van der Waals surface area contributed by atoms with E-state index in [0.717, 1.165) is 38.2 Å². The lowest BCUT2D eigenvalue weighted by Gasteiger charge is -2.41. The molecule has 0 aliphatic carbocycles. The van der Waals surface area contributed by atoms with E-state index in [-0.39, 0.29) is 11.5 Å². The number of halogens is 1. The van der Waals surface area contributed by atoms with E-state index in [9.17, 15) is 4.39 Å². The van der Waals surface area contributed by atoms with Crippen molar-refractivity contribution in [3.8, 4) is 0 Å². The molecule has 2 rings (SSSR count). The Morgan fingerprint density at radius 2 is 1.88 bits per heavy atom. The van der Waals surface area contributed by atoms with Gasteiger partial charge in [-0.3, -0.25) is 4.90 Å². The standard InChI is InChI=1S/C13H20FN3/c1-13(15,17-8-6-16-7-9-17)10-11-2-4-12(14)5-3-11/h2-5,16H,6-10,15H2,1H3. The number of nitrogens with one attached hydrogen (secondary N) is 1. The molecule has 1 heterocycles. The minimum Gasteiger partial charge on any atom is -0.314 e. The number of hydrogen-bond acceptors (Lipinski definition) is 3. The molecule has 1 fully saturated rings. The monoisotopic (exact) mass is 237 g/mol. The SMILES string of the molecule is CC(N)(Cc1ccc(F)cc1)N1CCNCC1. The van der Waals surface area contributed by atoms with E-state index in [0.29, 0.717) is 0 Å². The summed E-state index contributed by atoms with van der Waals surface area (Å²) in [5.41, 5.74) is 7.08. The van der Waals surface area contributed by atoms with Crippen LogP contribution in [0.1, 0.15) is 12.5 Å². The van der Waals surface area contributed by atoms with Crippen molar-refractivity contribution in [1.82, 2.24) is 10.2 Å². The van der Waals surface area contributed by atoms with Gasteiger partial charge in [0.25, 0.3) is 0 Å². The van der Waals surface area contributed by atoms with Gasteiger partial charge in [-0.25, -0.2) is 4.39 Å². The summed E-state index contributed by atoms with van der Waals surface area (Å²) in [5.74, 6) is -0.199. The van der Waals surface area contributed by atoms with Crippen LogP contribution in [0.4, 0.5) is 4.39 Å². The molecule has 0 radical (unpaired) electrons. The molecule has 3 N–H and O–H groups in total. The maximum atomic E-state index is 12.8. The van der Waals surface area contributed by atoms with Gasteiger partial charge in [-0.05, 0) is 24.6 Å². The molecule has 0 aromatic heterocycles. The number of nitrogens with two attached hydrogens (primary N) is 1. The molecule has 1 saturated heterocycles. The maximum absolute atomic E-state index is 12.8. The minimum atomic E-state index is -0.361. The third-order valence-corrected chi connectivity index (χ3v) is 3.31. The van der Waals surface area contributed by atoms with Crippen LogP contribution in [0.25, 0.3) is 0 Å². The number of hydrogen-bond donors (Lipinski definition) is 2. The molecule has 17 heavy (non-hydrogen) atoms. The highest BCUT2D eigenvalue weighted by Gasteiger charge is 2.28. The number of rotatable bonds is 3. The lowest BCUT2D eigenvalue weighted by Crippen LogP contribution is -2.60. The van der Waals surface area contributed by atoms with Gasteiger partial charge in [0.15, 0.2) is 0 Å². The van der Waals surface area contributed by atoms with Crippen LogP contribution in [0.15, 0.2) is 24.3 Å². The fraction of sp³-hybridized carbons (Fsp3) is 0.538. The maximum Gasteiger partial charge on any atom is 0.123 e. The zero-order valence-corrected chi connectivity index (χ0v) is 10.2. The van der Waals surface area contributed by atoms with Crippen LogP contribution in [0.5, 0.6) is 0 Å². The normalized spacial score (nSPS) is 21.1. The van der Waals surface area contributed by atoms with Gasteiger partial charge in [0.1, 0.15) is 5.82 Å². The van der Waals surface area contributed by atoms with Crippen molar-refractivity contribution >= 4 is 0 Å². The highest BCUT2D eigenvalue weighted by atomic mass is 19.1. The van der Waals surface area contributed by atoms with E-state index in [2.05, 4.69) is 10.2 Å². The second-order valence-electron chi connectivity index (χ2n) is 4.90. The van der Waals surface area contributed by atoms with Crippen molar-refractivity contribution < 1.29 is 4.39 Å². The van der Waals surface area contributed by atoms with E-state index in [1.165, 1.54) is 12.1 Å².